The van der Waals surface area contributed by atoms with Gasteiger partial charge >= 0.3 is 0 Å². The summed E-state index contributed by atoms with van der Waals surface area (Å²) >= 11 is 0. The smallest absolute Gasteiger partial charge is 0.227 e. The number of aromatic amines is 1. The number of H-pyrrole nitrogens is 1. The highest BCUT2D eigenvalue weighted by atomic mass is 16.2. The van der Waals surface area contributed by atoms with Crippen molar-refractivity contribution < 1.29 is 4.79 Å². The molecule has 5 rings (SSSR count). The van der Waals surface area contributed by atoms with Gasteiger partial charge in [-0.25, -0.2) is 4.98 Å². The molecule has 0 saturated carbocycles. The van der Waals surface area contributed by atoms with E-state index >= 15 is 0 Å². The van der Waals surface area contributed by atoms with Gasteiger partial charge < -0.3 is 19.7 Å². The number of nitrogens with zero attached hydrogens (tertiary/aromatic N) is 5. The van der Waals surface area contributed by atoms with Crippen molar-refractivity contribution in [2.75, 3.05) is 49.1 Å². The summed E-state index contributed by atoms with van der Waals surface area (Å²) < 4.78 is 0. The van der Waals surface area contributed by atoms with Gasteiger partial charge in [-0.2, -0.15) is 4.98 Å². The molecule has 0 unspecified atom stereocenters. The number of piperazine rings is 1. The number of rotatable bonds is 4. The largest absolute Gasteiger partial charge is 0.361 e. The van der Waals surface area contributed by atoms with Crippen LogP contribution in [0.1, 0.15) is 18.4 Å². The van der Waals surface area contributed by atoms with Crippen molar-refractivity contribution in [3.63, 3.8) is 0 Å². The van der Waals surface area contributed by atoms with E-state index in [0.29, 0.717) is 6.42 Å². The van der Waals surface area contributed by atoms with Crippen LogP contribution in [-0.2, 0) is 11.2 Å². The highest BCUT2D eigenvalue weighted by Crippen LogP contribution is 2.21. The first-order chi connectivity index (χ1) is 14.3. The third-order valence-electron chi connectivity index (χ3n) is 5.99. The molecule has 7 nitrogen and oxygen atoms in total. The van der Waals surface area contributed by atoms with E-state index in [-0.39, 0.29) is 5.91 Å². The van der Waals surface area contributed by atoms with Crippen LogP contribution in [0, 0.1) is 0 Å². The summed E-state index contributed by atoms with van der Waals surface area (Å²) in [4.78, 5) is 31.8. The number of fused-ring (bicyclic) bond motifs is 1. The molecule has 2 saturated heterocycles. The molecule has 0 aliphatic carbocycles. The Balaban J connectivity index is 1.21. The maximum atomic E-state index is 12.8. The Labute approximate surface area is 170 Å². The monoisotopic (exact) mass is 390 g/mol. The minimum absolute atomic E-state index is 0.190. The van der Waals surface area contributed by atoms with Crippen molar-refractivity contribution in [3.05, 3.63) is 48.3 Å². The van der Waals surface area contributed by atoms with Gasteiger partial charge in [0.25, 0.3) is 0 Å². The first kappa shape index (κ1) is 18.0. The number of anilines is 2. The lowest BCUT2D eigenvalue weighted by Gasteiger charge is -2.35. The molecule has 2 fully saturated rings. The van der Waals surface area contributed by atoms with Crippen molar-refractivity contribution >= 4 is 28.6 Å². The van der Waals surface area contributed by atoms with E-state index in [9.17, 15) is 4.79 Å². The zero-order valence-corrected chi connectivity index (χ0v) is 16.5. The fraction of sp³-hybridized carbons (Fsp3) is 0.409. The molecule has 0 radical (unpaired) electrons. The standard InChI is InChI=1S/C22H26N6O/c29-21(15-17-16-24-19-6-2-1-5-18(17)19)27-13-11-26(12-14-27)20-7-8-23-22(25-20)28-9-3-4-10-28/h1-2,5-8,16,24H,3-4,9-15H2. The third-order valence-corrected chi connectivity index (χ3v) is 5.99. The predicted molar refractivity (Wildman–Crippen MR) is 114 cm³/mol. The Bertz CT molecular complexity index is 1000. The van der Waals surface area contributed by atoms with Crippen LogP contribution in [0.3, 0.4) is 0 Å². The predicted octanol–water partition coefficient (Wildman–Crippen LogP) is 2.45. The molecule has 2 aliphatic heterocycles. The van der Waals surface area contributed by atoms with Crippen molar-refractivity contribution in [1.82, 2.24) is 19.9 Å². The van der Waals surface area contributed by atoms with Gasteiger partial charge in [-0.05, 0) is 30.5 Å². The number of para-hydroxylation sites is 1. The fourth-order valence-electron chi connectivity index (χ4n) is 4.32. The number of carbonyl (C=O) groups excluding carboxylic acids is 1. The average molecular weight is 390 g/mol. The molecule has 2 aliphatic rings. The van der Waals surface area contributed by atoms with Crippen molar-refractivity contribution in [1.29, 1.82) is 0 Å². The first-order valence-corrected chi connectivity index (χ1v) is 10.4. The molecule has 0 atom stereocenters. The lowest BCUT2D eigenvalue weighted by Crippen LogP contribution is -2.49. The Morgan fingerprint density at radius 3 is 2.59 bits per heavy atom. The van der Waals surface area contributed by atoms with Crippen LogP contribution >= 0.6 is 0 Å². The quantitative estimate of drug-likeness (QED) is 0.741. The summed E-state index contributed by atoms with van der Waals surface area (Å²) in [5, 5.41) is 1.13. The van der Waals surface area contributed by atoms with Gasteiger partial charge in [0.1, 0.15) is 5.82 Å². The number of nitrogens with one attached hydrogen (secondary N) is 1. The summed E-state index contributed by atoms with van der Waals surface area (Å²) in [5.74, 6) is 1.98. The summed E-state index contributed by atoms with van der Waals surface area (Å²) in [5.41, 5.74) is 2.15. The van der Waals surface area contributed by atoms with E-state index in [1.54, 1.807) is 0 Å². The maximum absolute atomic E-state index is 12.8. The Kier molecular flexibility index (Phi) is 4.79. The zero-order valence-electron chi connectivity index (χ0n) is 16.5. The van der Waals surface area contributed by atoms with Gasteiger partial charge in [-0.3, -0.25) is 4.79 Å². The van der Waals surface area contributed by atoms with Gasteiger partial charge in [-0.1, -0.05) is 18.2 Å². The molecular weight excluding hydrogens is 364 g/mol. The second-order valence-corrected chi connectivity index (χ2v) is 7.81. The summed E-state index contributed by atoms with van der Waals surface area (Å²) in [6.07, 6.45) is 6.68. The van der Waals surface area contributed by atoms with E-state index in [2.05, 4.69) is 25.8 Å². The van der Waals surface area contributed by atoms with Crippen LogP contribution in [0.4, 0.5) is 11.8 Å². The molecule has 0 bridgehead atoms. The number of hydrogen-bond acceptors (Lipinski definition) is 5. The van der Waals surface area contributed by atoms with Gasteiger partial charge in [0.2, 0.25) is 11.9 Å². The van der Waals surface area contributed by atoms with E-state index in [4.69, 9.17) is 4.98 Å². The number of hydrogen-bond donors (Lipinski definition) is 1. The van der Waals surface area contributed by atoms with E-state index in [1.807, 2.05) is 41.6 Å². The molecule has 4 heterocycles. The molecule has 7 heteroatoms. The number of aromatic nitrogens is 3. The highest BCUT2D eigenvalue weighted by Gasteiger charge is 2.23. The van der Waals surface area contributed by atoms with Crippen molar-refractivity contribution in [2.45, 2.75) is 19.3 Å². The lowest BCUT2D eigenvalue weighted by atomic mass is 10.1. The molecule has 2 aromatic heterocycles. The van der Waals surface area contributed by atoms with E-state index in [1.165, 1.54) is 12.8 Å². The molecule has 29 heavy (non-hydrogen) atoms. The number of carbonyl (C=O) groups is 1. The lowest BCUT2D eigenvalue weighted by molar-refractivity contribution is -0.130. The number of amides is 1. The van der Waals surface area contributed by atoms with Crippen LogP contribution in [0.25, 0.3) is 10.9 Å². The van der Waals surface area contributed by atoms with Crippen molar-refractivity contribution in [3.8, 4) is 0 Å². The van der Waals surface area contributed by atoms with Crippen LogP contribution in [-0.4, -0.2) is 65.0 Å². The maximum Gasteiger partial charge on any atom is 0.227 e. The molecular formula is C22H26N6O. The van der Waals surface area contributed by atoms with Gasteiger partial charge in [-0.15, -0.1) is 0 Å². The minimum atomic E-state index is 0.190. The molecule has 1 N–H and O–H groups in total. The molecule has 1 amide bonds. The molecule has 0 spiro atoms. The normalized spacial score (nSPS) is 17.3. The summed E-state index contributed by atoms with van der Waals surface area (Å²) in [6.45, 7) is 5.14. The Morgan fingerprint density at radius 2 is 1.76 bits per heavy atom. The number of benzene rings is 1. The second-order valence-electron chi connectivity index (χ2n) is 7.81. The molecule has 3 aromatic rings. The van der Waals surface area contributed by atoms with Gasteiger partial charge in [0.15, 0.2) is 0 Å². The topological polar surface area (TPSA) is 68.4 Å². The third kappa shape index (κ3) is 3.64. The van der Waals surface area contributed by atoms with E-state index in [0.717, 1.165) is 67.5 Å². The zero-order chi connectivity index (χ0) is 19.6. The Hall–Kier alpha value is -3.09. The SMILES string of the molecule is O=C(Cc1c[nH]c2ccccc12)N1CCN(c2ccnc(N3CCCC3)n2)CC1. The van der Waals surface area contributed by atoms with Crippen LogP contribution < -0.4 is 9.80 Å². The average Bonchev–Trinajstić information content (AvgIpc) is 3.45. The molecule has 1 aromatic carbocycles. The van der Waals surface area contributed by atoms with E-state index < -0.39 is 0 Å². The highest BCUT2D eigenvalue weighted by molar-refractivity contribution is 5.89. The summed E-state index contributed by atoms with van der Waals surface area (Å²) in [7, 11) is 0. The van der Waals surface area contributed by atoms with Crippen molar-refractivity contribution in [2.24, 2.45) is 0 Å². The Morgan fingerprint density at radius 1 is 0.966 bits per heavy atom. The van der Waals surface area contributed by atoms with Crippen LogP contribution in [0.2, 0.25) is 0 Å². The van der Waals surface area contributed by atoms with Gasteiger partial charge in [0, 0.05) is 62.6 Å². The molecule has 150 valence electrons. The van der Waals surface area contributed by atoms with Gasteiger partial charge in [0.05, 0.1) is 6.42 Å². The first-order valence-electron chi connectivity index (χ1n) is 10.4. The fourth-order valence-corrected chi connectivity index (χ4v) is 4.32. The van der Waals surface area contributed by atoms with Crippen LogP contribution in [0.5, 0.6) is 0 Å². The second kappa shape index (κ2) is 7.73. The van der Waals surface area contributed by atoms with Crippen LogP contribution in [0.15, 0.2) is 42.7 Å². The minimum Gasteiger partial charge on any atom is -0.361 e. The summed E-state index contributed by atoms with van der Waals surface area (Å²) in [6, 6.07) is 10.1.